The van der Waals surface area contributed by atoms with Gasteiger partial charge in [0.15, 0.2) is 11.5 Å². The number of hydrogen-bond acceptors (Lipinski definition) is 4. The van der Waals surface area contributed by atoms with Crippen LogP contribution < -0.4 is 11.1 Å². The first kappa shape index (κ1) is 13.3. The van der Waals surface area contributed by atoms with Crippen molar-refractivity contribution >= 4 is 23.3 Å². The van der Waals surface area contributed by atoms with Crippen molar-refractivity contribution in [2.45, 2.75) is 6.92 Å². The number of rotatable bonds is 3. The van der Waals surface area contributed by atoms with Crippen molar-refractivity contribution in [2.75, 3.05) is 12.3 Å². The molecule has 1 aromatic heterocycles. The average molecular weight is 284 g/mol. The molecule has 0 spiro atoms. The van der Waals surface area contributed by atoms with Crippen LogP contribution in [0.15, 0.2) is 18.2 Å². The van der Waals surface area contributed by atoms with Crippen LogP contribution in [0.4, 0.5) is 10.2 Å². The Bertz CT molecular complexity index is 628. The Hall–Kier alpha value is -2.15. The van der Waals surface area contributed by atoms with Gasteiger partial charge in [-0.15, -0.1) is 5.10 Å². The molecule has 0 unspecified atom stereocenters. The van der Waals surface area contributed by atoms with E-state index < -0.39 is 11.7 Å². The van der Waals surface area contributed by atoms with Gasteiger partial charge in [0.05, 0.1) is 10.7 Å². The van der Waals surface area contributed by atoms with Crippen LogP contribution in [-0.2, 0) is 0 Å². The summed E-state index contributed by atoms with van der Waals surface area (Å²) in [6, 6.07) is 3.97. The van der Waals surface area contributed by atoms with Crippen molar-refractivity contribution in [1.29, 1.82) is 0 Å². The normalized spacial score (nSPS) is 10.5. The molecular weight excluding hydrogens is 273 g/mol. The van der Waals surface area contributed by atoms with E-state index in [1.165, 1.54) is 22.9 Å². The molecule has 6 nitrogen and oxygen atoms in total. The number of amides is 1. The third-order valence-corrected chi connectivity index (χ3v) is 2.69. The zero-order valence-corrected chi connectivity index (χ0v) is 10.8. The number of nitrogen functional groups attached to an aromatic ring is 1. The average Bonchev–Trinajstić information content (AvgIpc) is 2.75. The van der Waals surface area contributed by atoms with Crippen LogP contribution in [-0.4, -0.2) is 27.4 Å². The maximum absolute atomic E-state index is 13.1. The largest absolute Gasteiger partial charge is 0.382 e. The van der Waals surface area contributed by atoms with Crippen LogP contribution >= 0.6 is 11.6 Å². The molecule has 0 aliphatic carbocycles. The topological polar surface area (TPSA) is 85.8 Å². The molecule has 1 heterocycles. The smallest absolute Gasteiger partial charge is 0.275 e. The van der Waals surface area contributed by atoms with Crippen LogP contribution in [0.3, 0.4) is 0 Å². The molecule has 0 aliphatic heterocycles. The van der Waals surface area contributed by atoms with Crippen molar-refractivity contribution in [3.05, 3.63) is 34.7 Å². The van der Waals surface area contributed by atoms with E-state index in [1.807, 2.05) is 0 Å². The Kier molecular flexibility index (Phi) is 3.66. The summed E-state index contributed by atoms with van der Waals surface area (Å²) in [5.74, 6) is -0.902. The van der Waals surface area contributed by atoms with E-state index in [-0.39, 0.29) is 16.5 Å². The van der Waals surface area contributed by atoms with Gasteiger partial charge in [-0.3, -0.25) is 4.79 Å². The molecule has 100 valence electrons. The Morgan fingerprint density at radius 3 is 2.95 bits per heavy atom. The molecule has 0 radical (unpaired) electrons. The van der Waals surface area contributed by atoms with Crippen molar-refractivity contribution in [3.63, 3.8) is 0 Å². The number of carbonyl (C=O) groups is 1. The third kappa shape index (κ3) is 2.50. The predicted molar refractivity (Wildman–Crippen MR) is 68.7 cm³/mol. The van der Waals surface area contributed by atoms with E-state index in [0.717, 1.165) is 0 Å². The van der Waals surface area contributed by atoms with E-state index in [2.05, 4.69) is 15.6 Å². The molecule has 0 saturated carbocycles. The van der Waals surface area contributed by atoms with Crippen LogP contribution in [0.1, 0.15) is 17.4 Å². The predicted octanol–water partition coefficient (Wildman–Crippen LogP) is 1.39. The molecule has 0 saturated heterocycles. The van der Waals surface area contributed by atoms with Gasteiger partial charge in [0.25, 0.3) is 5.91 Å². The molecule has 19 heavy (non-hydrogen) atoms. The van der Waals surface area contributed by atoms with Crippen LogP contribution in [0.25, 0.3) is 5.69 Å². The summed E-state index contributed by atoms with van der Waals surface area (Å²) >= 11 is 5.68. The van der Waals surface area contributed by atoms with Crippen LogP contribution in [0, 0.1) is 5.82 Å². The zero-order valence-electron chi connectivity index (χ0n) is 10.0. The van der Waals surface area contributed by atoms with Gasteiger partial charge in [-0.05, 0) is 25.1 Å². The number of nitrogens with two attached hydrogens (primary N) is 1. The lowest BCUT2D eigenvalue weighted by Gasteiger charge is -2.04. The third-order valence-electron chi connectivity index (χ3n) is 2.41. The summed E-state index contributed by atoms with van der Waals surface area (Å²) in [6.45, 7) is 2.23. The highest BCUT2D eigenvalue weighted by Gasteiger charge is 2.18. The van der Waals surface area contributed by atoms with Crippen LogP contribution in [0.2, 0.25) is 5.02 Å². The number of nitrogens with one attached hydrogen (secondary N) is 1. The monoisotopic (exact) mass is 283 g/mol. The lowest BCUT2D eigenvalue weighted by atomic mass is 10.3. The maximum atomic E-state index is 13.1. The van der Waals surface area contributed by atoms with Gasteiger partial charge in [-0.25, -0.2) is 4.39 Å². The van der Waals surface area contributed by atoms with Crippen LogP contribution in [0.5, 0.6) is 0 Å². The van der Waals surface area contributed by atoms with Crippen molar-refractivity contribution in [1.82, 2.24) is 20.3 Å². The number of halogens is 2. The molecule has 8 heteroatoms. The summed E-state index contributed by atoms with van der Waals surface area (Å²) in [5, 5.41) is 9.97. The van der Waals surface area contributed by atoms with E-state index >= 15 is 0 Å². The Morgan fingerprint density at radius 1 is 1.58 bits per heavy atom. The minimum absolute atomic E-state index is 0.0160. The number of aromatic nitrogens is 3. The van der Waals surface area contributed by atoms with E-state index in [4.69, 9.17) is 17.3 Å². The summed E-state index contributed by atoms with van der Waals surface area (Å²) in [5.41, 5.74) is 6.23. The lowest BCUT2D eigenvalue weighted by molar-refractivity contribution is 0.0951. The van der Waals surface area contributed by atoms with E-state index in [0.29, 0.717) is 12.2 Å². The number of anilines is 1. The first-order valence-corrected chi connectivity index (χ1v) is 5.87. The molecule has 2 aromatic rings. The first-order chi connectivity index (χ1) is 9.04. The van der Waals surface area contributed by atoms with Crippen molar-refractivity contribution in [3.8, 4) is 5.69 Å². The second kappa shape index (κ2) is 5.23. The number of carbonyl (C=O) groups excluding carboxylic acids is 1. The second-order valence-electron chi connectivity index (χ2n) is 3.69. The molecule has 0 atom stereocenters. The zero-order chi connectivity index (χ0) is 14.0. The van der Waals surface area contributed by atoms with Crippen molar-refractivity contribution < 1.29 is 9.18 Å². The van der Waals surface area contributed by atoms with E-state index in [9.17, 15) is 9.18 Å². The highest BCUT2D eigenvalue weighted by Crippen LogP contribution is 2.21. The Labute approximate surface area is 113 Å². The van der Waals surface area contributed by atoms with E-state index in [1.54, 1.807) is 6.92 Å². The second-order valence-corrected chi connectivity index (χ2v) is 4.10. The van der Waals surface area contributed by atoms with Crippen molar-refractivity contribution in [2.24, 2.45) is 0 Å². The highest BCUT2D eigenvalue weighted by atomic mass is 35.5. The first-order valence-electron chi connectivity index (χ1n) is 5.49. The highest BCUT2D eigenvalue weighted by molar-refractivity contribution is 6.30. The maximum Gasteiger partial charge on any atom is 0.275 e. The quantitative estimate of drug-likeness (QED) is 0.891. The summed E-state index contributed by atoms with van der Waals surface area (Å²) in [6.07, 6.45) is 0. The number of hydrogen-bond donors (Lipinski definition) is 2. The molecule has 0 aliphatic rings. The SMILES string of the molecule is CCNC(=O)c1nnn(-c2ccc(F)c(Cl)c2)c1N. The molecule has 2 rings (SSSR count). The minimum Gasteiger partial charge on any atom is -0.382 e. The summed E-state index contributed by atoms with van der Waals surface area (Å²) < 4.78 is 14.3. The van der Waals surface area contributed by atoms with Gasteiger partial charge in [-0.2, -0.15) is 4.68 Å². The molecule has 3 N–H and O–H groups in total. The number of benzene rings is 1. The molecule has 1 aromatic carbocycles. The van der Waals surface area contributed by atoms with Gasteiger partial charge in [0.2, 0.25) is 0 Å². The Morgan fingerprint density at radius 2 is 2.32 bits per heavy atom. The van der Waals surface area contributed by atoms with Gasteiger partial charge in [0, 0.05) is 6.54 Å². The summed E-state index contributed by atoms with van der Waals surface area (Å²) in [7, 11) is 0. The fraction of sp³-hybridized carbons (Fsp3) is 0.182. The minimum atomic E-state index is -0.548. The molecule has 0 fully saturated rings. The lowest BCUT2D eigenvalue weighted by Crippen LogP contribution is -2.24. The Balaban J connectivity index is 2.41. The van der Waals surface area contributed by atoms with Gasteiger partial charge in [0.1, 0.15) is 5.82 Å². The fourth-order valence-electron chi connectivity index (χ4n) is 1.50. The fourth-order valence-corrected chi connectivity index (χ4v) is 1.68. The standard InChI is InChI=1S/C11H11ClFN5O/c1-2-15-11(19)9-10(14)18(17-16-9)6-3-4-8(13)7(12)5-6/h3-5H,2,14H2,1H3,(H,15,19). The summed E-state index contributed by atoms with van der Waals surface area (Å²) in [4.78, 5) is 11.6. The molecule has 1 amide bonds. The van der Waals surface area contributed by atoms with Gasteiger partial charge in [-0.1, -0.05) is 16.8 Å². The molecular formula is C11H11ClFN5O. The number of nitrogens with zero attached hydrogens (tertiary/aromatic N) is 3. The molecule has 0 bridgehead atoms. The van der Waals surface area contributed by atoms with Gasteiger partial charge < -0.3 is 11.1 Å². The van der Waals surface area contributed by atoms with Gasteiger partial charge >= 0.3 is 0 Å².